The number of anilines is 4. The number of halogens is 1. The summed E-state index contributed by atoms with van der Waals surface area (Å²) in [5.74, 6) is 2.14. The van der Waals surface area contributed by atoms with E-state index < -0.39 is 0 Å². The maximum atomic E-state index is 4.97. The molecule has 0 aliphatic carbocycles. The highest BCUT2D eigenvalue weighted by atomic mass is 79.9. The molecule has 3 rings (SSSR count). The predicted molar refractivity (Wildman–Crippen MR) is 81.8 cm³/mol. The van der Waals surface area contributed by atoms with Gasteiger partial charge in [-0.2, -0.15) is 10.1 Å². The number of benzene rings is 1. The Morgan fingerprint density at radius 3 is 2.76 bits per heavy atom. The molecule has 21 heavy (non-hydrogen) atoms. The standard InChI is InChI=1S/C13H11BrN6O/c1-8-6-11(20-21-8)17-13-18-12(7-15-19-13)16-10-5-3-2-4-9(10)14/h2-7H,1H3,(H2,16,17,18,19,20). The number of hydrogen-bond donors (Lipinski definition) is 2. The molecular formula is C13H11BrN6O. The van der Waals surface area contributed by atoms with Gasteiger partial charge in [-0.3, -0.25) is 0 Å². The van der Waals surface area contributed by atoms with Gasteiger partial charge in [0, 0.05) is 10.5 Å². The summed E-state index contributed by atoms with van der Waals surface area (Å²) < 4.78 is 5.90. The van der Waals surface area contributed by atoms with Crippen molar-refractivity contribution in [2.24, 2.45) is 0 Å². The van der Waals surface area contributed by atoms with Crippen molar-refractivity contribution < 1.29 is 4.52 Å². The van der Waals surface area contributed by atoms with Gasteiger partial charge in [-0.25, -0.2) is 0 Å². The number of aromatic nitrogens is 4. The van der Waals surface area contributed by atoms with E-state index in [2.05, 4.69) is 46.9 Å². The Labute approximate surface area is 128 Å². The molecular weight excluding hydrogens is 336 g/mol. The molecule has 0 radical (unpaired) electrons. The topological polar surface area (TPSA) is 88.8 Å². The molecule has 0 saturated carbocycles. The van der Waals surface area contributed by atoms with E-state index in [-0.39, 0.29) is 0 Å². The number of aryl methyl sites for hydroxylation is 1. The van der Waals surface area contributed by atoms with Gasteiger partial charge in [-0.1, -0.05) is 17.3 Å². The van der Waals surface area contributed by atoms with Crippen molar-refractivity contribution in [1.29, 1.82) is 0 Å². The fraction of sp³-hybridized carbons (Fsp3) is 0.0769. The summed E-state index contributed by atoms with van der Waals surface area (Å²) in [5, 5.41) is 17.7. The van der Waals surface area contributed by atoms with Crippen LogP contribution in [0.1, 0.15) is 5.76 Å². The lowest BCUT2D eigenvalue weighted by atomic mass is 10.3. The Balaban J connectivity index is 1.78. The summed E-state index contributed by atoms with van der Waals surface area (Å²) in [5.41, 5.74) is 0.890. The molecule has 3 aromatic rings. The van der Waals surface area contributed by atoms with Gasteiger partial charge >= 0.3 is 0 Å². The summed E-state index contributed by atoms with van der Waals surface area (Å²) >= 11 is 3.46. The number of para-hydroxylation sites is 1. The van der Waals surface area contributed by atoms with Crippen LogP contribution in [0.15, 0.2) is 45.5 Å². The van der Waals surface area contributed by atoms with Crippen molar-refractivity contribution >= 4 is 39.2 Å². The quantitative estimate of drug-likeness (QED) is 0.747. The number of rotatable bonds is 4. The summed E-state index contributed by atoms with van der Waals surface area (Å²) in [6.07, 6.45) is 1.54. The van der Waals surface area contributed by atoms with E-state index >= 15 is 0 Å². The van der Waals surface area contributed by atoms with E-state index in [1.165, 1.54) is 0 Å². The molecule has 0 fully saturated rings. The SMILES string of the molecule is Cc1cc(Nc2nncc(Nc3ccccc3Br)n2)no1. The third-order valence-electron chi connectivity index (χ3n) is 2.56. The molecule has 0 aliphatic heterocycles. The van der Waals surface area contributed by atoms with Crippen molar-refractivity contribution in [1.82, 2.24) is 20.3 Å². The second-order valence-electron chi connectivity index (χ2n) is 4.22. The molecule has 8 heteroatoms. The lowest BCUT2D eigenvalue weighted by Gasteiger charge is -2.07. The molecule has 2 N–H and O–H groups in total. The Kier molecular flexibility index (Phi) is 3.78. The smallest absolute Gasteiger partial charge is 0.250 e. The molecule has 0 spiro atoms. The average Bonchev–Trinajstić information content (AvgIpc) is 2.87. The van der Waals surface area contributed by atoms with E-state index in [9.17, 15) is 0 Å². The molecule has 7 nitrogen and oxygen atoms in total. The zero-order chi connectivity index (χ0) is 14.7. The van der Waals surface area contributed by atoms with E-state index in [4.69, 9.17) is 4.52 Å². The highest BCUT2D eigenvalue weighted by Crippen LogP contribution is 2.24. The predicted octanol–water partition coefficient (Wildman–Crippen LogP) is 3.42. The largest absolute Gasteiger partial charge is 0.360 e. The van der Waals surface area contributed by atoms with Crippen LogP contribution >= 0.6 is 15.9 Å². The first-order valence-corrected chi connectivity index (χ1v) is 6.91. The monoisotopic (exact) mass is 346 g/mol. The van der Waals surface area contributed by atoms with Gasteiger partial charge in [-0.05, 0) is 35.0 Å². The molecule has 2 aromatic heterocycles. The summed E-state index contributed by atoms with van der Waals surface area (Å²) in [7, 11) is 0. The minimum absolute atomic E-state index is 0.334. The summed E-state index contributed by atoms with van der Waals surface area (Å²) in [4.78, 5) is 4.32. The van der Waals surface area contributed by atoms with Crippen LogP contribution in [0.4, 0.5) is 23.3 Å². The highest BCUT2D eigenvalue weighted by molar-refractivity contribution is 9.10. The van der Waals surface area contributed by atoms with E-state index in [1.54, 1.807) is 12.3 Å². The second kappa shape index (κ2) is 5.88. The first-order valence-electron chi connectivity index (χ1n) is 6.12. The van der Waals surface area contributed by atoms with Crippen LogP contribution in [0.5, 0.6) is 0 Å². The highest BCUT2D eigenvalue weighted by Gasteiger charge is 2.06. The minimum atomic E-state index is 0.334. The normalized spacial score (nSPS) is 10.4. The fourth-order valence-electron chi connectivity index (χ4n) is 1.66. The Hall–Kier alpha value is -2.48. The van der Waals surface area contributed by atoms with E-state index in [0.717, 1.165) is 10.2 Å². The Bertz CT molecular complexity index is 760. The minimum Gasteiger partial charge on any atom is -0.360 e. The van der Waals surface area contributed by atoms with Gasteiger partial charge in [0.05, 0.1) is 11.9 Å². The number of nitrogens with one attached hydrogen (secondary N) is 2. The maximum absolute atomic E-state index is 4.97. The molecule has 106 valence electrons. The molecule has 2 heterocycles. The fourth-order valence-corrected chi connectivity index (χ4v) is 2.04. The van der Waals surface area contributed by atoms with Crippen molar-refractivity contribution in [3.8, 4) is 0 Å². The lowest BCUT2D eigenvalue weighted by Crippen LogP contribution is -2.02. The van der Waals surface area contributed by atoms with Crippen LogP contribution < -0.4 is 10.6 Å². The van der Waals surface area contributed by atoms with Gasteiger partial charge in [0.25, 0.3) is 0 Å². The van der Waals surface area contributed by atoms with Crippen LogP contribution in [-0.4, -0.2) is 20.3 Å². The molecule has 0 atom stereocenters. The Morgan fingerprint density at radius 1 is 1.14 bits per heavy atom. The van der Waals surface area contributed by atoms with Gasteiger partial charge in [0.15, 0.2) is 11.6 Å². The van der Waals surface area contributed by atoms with Crippen molar-refractivity contribution in [2.45, 2.75) is 6.92 Å². The van der Waals surface area contributed by atoms with Crippen LogP contribution in [0.3, 0.4) is 0 Å². The zero-order valence-corrected chi connectivity index (χ0v) is 12.6. The first kappa shape index (κ1) is 13.5. The molecule has 0 unspecified atom stereocenters. The van der Waals surface area contributed by atoms with Gasteiger partial charge in [0.1, 0.15) is 5.76 Å². The van der Waals surface area contributed by atoms with Gasteiger partial charge < -0.3 is 15.2 Å². The molecule has 0 saturated heterocycles. The van der Waals surface area contributed by atoms with Crippen LogP contribution in [-0.2, 0) is 0 Å². The van der Waals surface area contributed by atoms with Crippen molar-refractivity contribution in [2.75, 3.05) is 10.6 Å². The molecule has 1 aromatic carbocycles. The van der Waals surface area contributed by atoms with Crippen LogP contribution in [0.2, 0.25) is 0 Å². The van der Waals surface area contributed by atoms with Crippen molar-refractivity contribution in [3.05, 3.63) is 46.8 Å². The third kappa shape index (κ3) is 3.34. The average molecular weight is 347 g/mol. The zero-order valence-electron chi connectivity index (χ0n) is 11.0. The van der Waals surface area contributed by atoms with Gasteiger partial charge in [0.2, 0.25) is 5.95 Å². The van der Waals surface area contributed by atoms with Gasteiger partial charge in [-0.15, -0.1) is 5.10 Å². The summed E-state index contributed by atoms with van der Waals surface area (Å²) in [6.45, 7) is 1.81. The number of nitrogens with zero attached hydrogens (tertiary/aromatic N) is 4. The van der Waals surface area contributed by atoms with Crippen LogP contribution in [0.25, 0.3) is 0 Å². The lowest BCUT2D eigenvalue weighted by molar-refractivity contribution is 0.400. The third-order valence-corrected chi connectivity index (χ3v) is 3.25. The van der Waals surface area contributed by atoms with Crippen LogP contribution in [0, 0.1) is 6.92 Å². The second-order valence-corrected chi connectivity index (χ2v) is 5.07. The maximum Gasteiger partial charge on any atom is 0.250 e. The van der Waals surface area contributed by atoms with E-state index in [1.807, 2.05) is 31.2 Å². The molecule has 0 aliphatic rings. The summed E-state index contributed by atoms with van der Waals surface area (Å²) in [6, 6.07) is 9.48. The first-order chi connectivity index (χ1) is 10.2. The van der Waals surface area contributed by atoms with Crippen molar-refractivity contribution in [3.63, 3.8) is 0 Å². The molecule has 0 bridgehead atoms. The molecule has 0 amide bonds. The van der Waals surface area contributed by atoms with E-state index in [0.29, 0.717) is 23.3 Å². The Morgan fingerprint density at radius 2 is 2.00 bits per heavy atom. The number of hydrogen-bond acceptors (Lipinski definition) is 7.